The van der Waals surface area contributed by atoms with Crippen LogP contribution in [-0.2, 0) is 20.7 Å². The second-order valence-corrected chi connectivity index (χ2v) is 8.21. The molecule has 1 saturated heterocycles. The molecule has 3 rings (SSSR count). The Labute approximate surface area is 200 Å². The number of nitrogens with zero attached hydrogens (tertiary/aromatic N) is 2. The quantitative estimate of drug-likeness (QED) is 0.516. The molecule has 0 N–H and O–H groups in total. The molecule has 1 amide bonds. The van der Waals surface area contributed by atoms with Gasteiger partial charge in [0.15, 0.2) is 11.5 Å². The minimum Gasteiger partial charge on any atom is -0.493 e. The average Bonchev–Trinajstić information content (AvgIpc) is 2.84. The van der Waals surface area contributed by atoms with Crippen molar-refractivity contribution in [3.05, 3.63) is 58.6 Å². The number of para-hydroxylation sites is 1. The topological polar surface area (TPSA) is 68.3 Å². The van der Waals surface area contributed by atoms with Crippen LogP contribution in [-0.4, -0.2) is 68.7 Å². The molecule has 2 aromatic carbocycles. The zero-order valence-electron chi connectivity index (χ0n) is 19.4. The predicted molar refractivity (Wildman–Crippen MR) is 127 cm³/mol. The third-order valence-corrected chi connectivity index (χ3v) is 6.07. The number of carbonyl (C=O) groups is 2. The number of rotatable bonds is 9. The first-order valence-electron chi connectivity index (χ1n) is 11.1. The highest BCUT2D eigenvalue weighted by Crippen LogP contribution is 2.31. The Morgan fingerprint density at radius 2 is 1.70 bits per heavy atom. The number of esters is 1. The summed E-state index contributed by atoms with van der Waals surface area (Å²) in [5, 5.41) is 0.615. The third kappa shape index (κ3) is 6.18. The second-order valence-electron chi connectivity index (χ2n) is 7.78. The van der Waals surface area contributed by atoms with Crippen LogP contribution < -0.4 is 9.47 Å². The molecule has 1 fully saturated rings. The molecule has 1 unspecified atom stereocenters. The number of ether oxygens (including phenoxy) is 3. The van der Waals surface area contributed by atoms with Crippen molar-refractivity contribution in [3.63, 3.8) is 0 Å². The van der Waals surface area contributed by atoms with Crippen LogP contribution in [0.1, 0.15) is 30.5 Å². The first-order chi connectivity index (χ1) is 16.0. The number of methoxy groups -OCH3 is 2. The van der Waals surface area contributed by atoms with Crippen molar-refractivity contribution in [2.24, 2.45) is 0 Å². The molecule has 178 valence electrons. The van der Waals surface area contributed by atoms with E-state index in [2.05, 4.69) is 4.90 Å². The standard InChI is InChI=1S/C25H31ClN2O5/c1-4-33-25(30)23(18-8-11-20(26)12-9-18)28-16-14-27(15-17-28)22(29)13-10-19-6-5-7-21(31-2)24(19)32-3/h5-9,11-12,23H,4,10,13-17H2,1-3H3. The van der Waals surface area contributed by atoms with Crippen LogP contribution in [0.15, 0.2) is 42.5 Å². The summed E-state index contributed by atoms with van der Waals surface area (Å²) in [6, 6.07) is 12.4. The van der Waals surface area contributed by atoms with Gasteiger partial charge in [-0.25, -0.2) is 4.79 Å². The lowest BCUT2D eigenvalue weighted by atomic mass is 10.0. The Kier molecular flexibility index (Phi) is 8.97. The Morgan fingerprint density at radius 1 is 1.00 bits per heavy atom. The normalized spacial score (nSPS) is 15.1. The van der Waals surface area contributed by atoms with Gasteiger partial charge in [0.05, 0.1) is 20.8 Å². The van der Waals surface area contributed by atoms with E-state index in [0.29, 0.717) is 62.1 Å². The van der Waals surface area contributed by atoms with E-state index in [4.69, 9.17) is 25.8 Å². The van der Waals surface area contributed by atoms with Gasteiger partial charge in [0.1, 0.15) is 6.04 Å². The lowest BCUT2D eigenvalue weighted by molar-refractivity contribution is -0.151. The molecule has 0 radical (unpaired) electrons. The van der Waals surface area contributed by atoms with E-state index < -0.39 is 6.04 Å². The fraction of sp³-hybridized carbons (Fsp3) is 0.440. The molecule has 1 aliphatic heterocycles. The van der Waals surface area contributed by atoms with Crippen LogP contribution >= 0.6 is 11.6 Å². The van der Waals surface area contributed by atoms with Crippen molar-refractivity contribution in [2.75, 3.05) is 47.0 Å². The van der Waals surface area contributed by atoms with E-state index in [1.54, 1.807) is 33.3 Å². The summed E-state index contributed by atoms with van der Waals surface area (Å²) in [5.41, 5.74) is 1.77. The number of hydrogen-bond acceptors (Lipinski definition) is 6. The highest BCUT2D eigenvalue weighted by molar-refractivity contribution is 6.30. The number of hydrogen-bond donors (Lipinski definition) is 0. The summed E-state index contributed by atoms with van der Waals surface area (Å²) in [6.07, 6.45) is 0.942. The van der Waals surface area contributed by atoms with Gasteiger partial charge in [-0.05, 0) is 42.7 Å². The van der Waals surface area contributed by atoms with E-state index in [1.807, 2.05) is 35.2 Å². The summed E-state index contributed by atoms with van der Waals surface area (Å²) < 4.78 is 16.1. The fourth-order valence-electron chi connectivity index (χ4n) is 4.14. The van der Waals surface area contributed by atoms with Gasteiger partial charge in [-0.3, -0.25) is 9.69 Å². The van der Waals surface area contributed by atoms with Crippen molar-refractivity contribution in [1.29, 1.82) is 0 Å². The number of carbonyl (C=O) groups excluding carboxylic acids is 2. The maximum Gasteiger partial charge on any atom is 0.328 e. The number of piperazine rings is 1. The molecule has 1 heterocycles. The SMILES string of the molecule is CCOC(=O)C(c1ccc(Cl)cc1)N1CCN(C(=O)CCc2cccc(OC)c2OC)CC1. The average molecular weight is 475 g/mol. The molecule has 7 nitrogen and oxygen atoms in total. The van der Waals surface area contributed by atoms with E-state index in [0.717, 1.165) is 11.1 Å². The molecule has 1 aliphatic rings. The van der Waals surface area contributed by atoms with E-state index in [9.17, 15) is 9.59 Å². The molecular weight excluding hydrogens is 444 g/mol. The highest BCUT2D eigenvalue weighted by atomic mass is 35.5. The Hall–Kier alpha value is -2.77. The van der Waals surface area contributed by atoms with Gasteiger partial charge in [0.2, 0.25) is 5.91 Å². The number of amides is 1. The van der Waals surface area contributed by atoms with E-state index in [-0.39, 0.29) is 11.9 Å². The Balaban J connectivity index is 1.61. The Morgan fingerprint density at radius 3 is 2.30 bits per heavy atom. The van der Waals surface area contributed by atoms with Gasteiger partial charge < -0.3 is 19.1 Å². The van der Waals surface area contributed by atoms with Crippen LogP contribution in [0.2, 0.25) is 5.02 Å². The second kappa shape index (κ2) is 11.9. The minimum absolute atomic E-state index is 0.0821. The van der Waals surface area contributed by atoms with Gasteiger partial charge in [-0.2, -0.15) is 0 Å². The first-order valence-corrected chi connectivity index (χ1v) is 11.5. The van der Waals surface area contributed by atoms with Gasteiger partial charge in [0, 0.05) is 37.6 Å². The zero-order chi connectivity index (χ0) is 23.8. The van der Waals surface area contributed by atoms with Crippen LogP contribution in [0.3, 0.4) is 0 Å². The molecule has 0 spiro atoms. The fourth-order valence-corrected chi connectivity index (χ4v) is 4.27. The molecule has 1 atom stereocenters. The van der Waals surface area contributed by atoms with Crippen molar-refractivity contribution in [3.8, 4) is 11.5 Å². The third-order valence-electron chi connectivity index (χ3n) is 5.82. The number of halogens is 1. The van der Waals surface area contributed by atoms with Crippen molar-refractivity contribution in [1.82, 2.24) is 9.80 Å². The molecule has 0 aliphatic carbocycles. The molecule has 0 saturated carbocycles. The predicted octanol–water partition coefficient (Wildman–Crippen LogP) is 3.74. The van der Waals surface area contributed by atoms with Gasteiger partial charge in [-0.15, -0.1) is 0 Å². The summed E-state index contributed by atoms with van der Waals surface area (Å²) in [7, 11) is 3.20. The lowest BCUT2D eigenvalue weighted by Gasteiger charge is -2.38. The number of benzene rings is 2. The summed E-state index contributed by atoms with van der Waals surface area (Å²) in [6.45, 7) is 4.38. The molecule has 0 aromatic heterocycles. The summed E-state index contributed by atoms with van der Waals surface area (Å²) in [4.78, 5) is 29.5. The van der Waals surface area contributed by atoms with Crippen molar-refractivity contribution in [2.45, 2.75) is 25.8 Å². The number of aryl methyl sites for hydroxylation is 1. The van der Waals surface area contributed by atoms with Crippen LogP contribution in [0.4, 0.5) is 0 Å². The molecular formula is C25H31ClN2O5. The van der Waals surface area contributed by atoms with Gasteiger partial charge in [0.25, 0.3) is 0 Å². The van der Waals surface area contributed by atoms with Crippen LogP contribution in [0, 0.1) is 0 Å². The molecule has 2 aromatic rings. The largest absolute Gasteiger partial charge is 0.493 e. The maximum atomic E-state index is 12.9. The molecule has 0 bridgehead atoms. The van der Waals surface area contributed by atoms with Gasteiger partial charge >= 0.3 is 5.97 Å². The maximum absolute atomic E-state index is 12.9. The monoisotopic (exact) mass is 474 g/mol. The Bertz CT molecular complexity index is 942. The molecule has 8 heteroatoms. The van der Waals surface area contributed by atoms with Crippen molar-refractivity contribution >= 4 is 23.5 Å². The van der Waals surface area contributed by atoms with Crippen LogP contribution in [0.5, 0.6) is 11.5 Å². The van der Waals surface area contributed by atoms with Crippen LogP contribution in [0.25, 0.3) is 0 Å². The minimum atomic E-state index is -0.513. The highest BCUT2D eigenvalue weighted by Gasteiger charge is 2.32. The first kappa shape index (κ1) is 24.9. The zero-order valence-corrected chi connectivity index (χ0v) is 20.1. The van der Waals surface area contributed by atoms with E-state index in [1.165, 1.54) is 0 Å². The summed E-state index contributed by atoms with van der Waals surface area (Å²) in [5.74, 6) is 1.12. The summed E-state index contributed by atoms with van der Waals surface area (Å²) >= 11 is 6.02. The molecule has 33 heavy (non-hydrogen) atoms. The van der Waals surface area contributed by atoms with E-state index >= 15 is 0 Å². The van der Waals surface area contributed by atoms with Crippen molar-refractivity contribution < 1.29 is 23.8 Å². The lowest BCUT2D eigenvalue weighted by Crippen LogP contribution is -2.51. The van der Waals surface area contributed by atoms with Gasteiger partial charge in [-0.1, -0.05) is 35.9 Å². The smallest absolute Gasteiger partial charge is 0.328 e.